The Bertz CT molecular complexity index is 298. The Morgan fingerprint density at radius 3 is 2.71 bits per heavy atom. The van der Waals surface area contributed by atoms with E-state index in [1.165, 1.54) is 17.5 Å². The molecule has 0 saturated heterocycles. The van der Waals surface area contributed by atoms with Crippen molar-refractivity contribution in [2.45, 2.75) is 12.6 Å². The number of halogens is 3. The largest absolute Gasteiger partial charge is 0.401 e. The molecule has 0 aliphatic rings. The molecule has 1 N–H and O–H groups in total. The quantitative estimate of drug-likeness (QED) is 0.762. The Labute approximate surface area is 103 Å². The summed E-state index contributed by atoms with van der Waals surface area (Å²) in [6.45, 7) is 0.940. The third kappa shape index (κ3) is 7.36. The molecule has 0 bridgehead atoms. The van der Waals surface area contributed by atoms with E-state index in [2.05, 4.69) is 16.8 Å². The van der Waals surface area contributed by atoms with E-state index in [0.717, 1.165) is 13.0 Å². The first kappa shape index (κ1) is 14.5. The lowest BCUT2D eigenvalue weighted by Gasteiger charge is -2.18. The van der Waals surface area contributed by atoms with Gasteiger partial charge >= 0.3 is 6.18 Å². The van der Waals surface area contributed by atoms with Crippen molar-refractivity contribution in [3.8, 4) is 0 Å². The molecular formula is C11H17F3N2S. The van der Waals surface area contributed by atoms with Crippen molar-refractivity contribution < 1.29 is 13.2 Å². The highest BCUT2D eigenvalue weighted by molar-refractivity contribution is 7.07. The zero-order chi connectivity index (χ0) is 12.7. The second-order valence-electron chi connectivity index (χ2n) is 3.98. The summed E-state index contributed by atoms with van der Waals surface area (Å²) in [6, 6.07) is 2.06. The lowest BCUT2D eigenvalue weighted by molar-refractivity contribution is -0.142. The van der Waals surface area contributed by atoms with Crippen LogP contribution in [-0.2, 0) is 6.42 Å². The molecule has 0 radical (unpaired) electrons. The molecule has 0 aliphatic carbocycles. The van der Waals surface area contributed by atoms with Crippen LogP contribution in [0.1, 0.15) is 5.56 Å². The van der Waals surface area contributed by atoms with Gasteiger partial charge in [-0.15, -0.1) is 0 Å². The maximum atomic E-state index is 12.0. The summed E-state index contributed by atoms with van der Waals surface area (Å²) in [5, 5.41) is 7.24. The highest BCUT2D eigenvalue weighted by Crippen LogP contribution is 2.14. The number of likely N-dealkylation sites (N-methyl/N-ethyl adjacent to an activating group) is 1. The molecule has 1 rings (SSSR count). The number of nitrogens with zero attached hydrogens (tertiary/aromatic N) is 1. The van der Waals surface area contributed by atoms with Gasteiger partial charge in [0.2, 0.25) is 0 Å². The highest BCUT2D eigenvalue weighted by Gasteiger charge is 2.28. The van der Waals surface area contributed by atoms with Crippen LogP contribution < -0.4 is 5.32 Å². The first-order valence-electron chi connectivity index (χ1n) is 5.44. The summed E-state index contributed by atoms with van der Waals surface area (Å²) in [7, 11) is 1.48. The molecule has 1 aromatic heterocycles. The number of thiophene rings is 1. The van der Waals surface area contributed by atoms with Crippen LogP contribution in [0.15, 0.2) is 16.8 Å². The molecule has 2 nitrogen and oxygen atoms in total. The summed E-state index contributed by atoms with van der Waals surface area (Å²) in [5.74, 6) is 0. The Balaban J connectivity index is 2.00. The molecule has 0 fully saturated rings. The van der Waals surface area contributed by atoms with E-state index in [9.17, 15) is 13.2 Å². The number of alkyl halides is 3. The van der Waals surface area contributed by atoms with Gasteiger partial charge in [0, 0.05) is 13.1 Å². The van der Waals surface area contributed by atoms with Crippen LogP contribution in [0.3, 0.4) is 0 Å². The van der Waals surface area contributed by atoms with E-state index in [1.807, 2.05) is 5.38 Å². The fourth-order valence-corrected chi connectivity index (χ4v) is 2.15. The second kappa shape index (κ2) is 6.98. The van der Waals surface area contributed by atoms with Crippen LogP contribution in [0.25, 0.3) is 0 Å². The molecule has 1 heterocycles. The predicted octanol–water partition coefficient (Wildman–Crippen LogP) is 2.37. The SMILES string of the molecule is CN(CCNCCc1ccsc1)CC(F)(F)F. The van der Waals surface area contributed by atoms with E-state index >= 15 is 0 Å². The maximum Gasteiger partial charge on any atom is 0.401 e. The van der Waals surface area contributed by atoms with Gasteiger partial charge < -0.3 is 5.32 Å². The van der Waals surface area contributed by atoms with Gasteiger partial charge in [-0.05, 0) is 42.4 Å². The average molecular weight is 266 g/mol. The van der Waals surface area contributed by atoms with Crippen molar-refractivity contribution in [2.24, 2.45) is 0 Å². The fraction of sp³-hybridized carbons (Fsp3) is 0.636. The number of rotatable bonds is 7. The lowest BCUT2D eigenvalue weighted by atomic mass is 10.2. The lowest BCUT2D eigenvalue weighted by Crippen LogP contribution is -2.36. The molecule has 1 aromatic rings. The standard InChI is InChI=1S/C11H17F3N2S/c1-16(9-11(12,13)14)6-5-15-4-2-10-3-7-17-8-10/h3,7-8,15H,2,4-6,9H2,1H3. The molecule has 0 unspecified atom stereocenters. The number of nitrogens with one attached hydrogen (secondary N) is 1. The minimum Gasteiger partial charge on any atom is -0.315 e. The Morgan fingerprint density at radius 2 is 2.12 bits per heavy atom. The third-order valence-electron chi connectivity index (χ3n) is 2.29. The topological polar surface area (TPSA) is 15.3 Å². The van der Waals surface area contributed by atoms with Crippen molar-refractivity contribution in [3.63, 3.8) is 0 Å². The van der Waals surface area contributed by atoms with Crippen LogP contribution in [0, 0.1) is 0 Å². The van der Waals surface area contributed by atoms with E-state index in [-0.39, 0.29) is 0 Å². The Morgan fingerprint density at radius 1 is 1.35 bits per heavy atom. The summed E-state index contributed by atoms with van der Waals surface area (Å²) in [4.78, 5) is 1.28. The van der Waals surface area contributed by atoms with Gasteiger partial charge in [-0.3, -0.25) is 4.90 Å². The second-order valence-corrected chi connectivity index (χ2v) is 4.76. The summed E-state index contributed by atoms with van der Waals surface area (Å²) < 4.78 is 36.0. The smallest absolute Gasteiger partial charge is 0.315 e. The zero-order valence-electron chi connectivity index (χ0n) is 9.76. The molecule has 98 valence electrons. The van der Waals surface area contributed by atoms with Crippen LogP contribution >= 0.6 is 11.3 Å². The van der Waals surface area contributed by atoms with Crippen LogP contribution in [0.2, 0.25) is 0 Å². The number of hydrogen-bond acceptors (Lipinski definition) is 3. The minimum atomic E-state index is -4.11. The molecule has 0 saturated carbocycles. The zero-order valence-corrected chi connectivity index (χ0v) is 10.6. The van der Waals surface area contributed by atoms with Gasteiger partial charge in [-0.1, -0.05) is 0 Å². The van der Waals surface area contributed by atoms with Gasteiger partial charge in [-0.25, -0.2) is 0 Å². The maximum absolute atomic E-state index is 12.0. The van der Waals surface area contributed by atoms with Gasteiger partial charge in [0.05, 0.1) is 6.54 Å². The predicted molar refractivity (Wildman–Crippen MR) is 64.4 cm³/mol. The molecule has 0 aromatic carbocycles. The van der Waals surface area contributed by atoms with Crippen LogP contribution in [-0.4, -0.2) is 44.3 Å². The van der Waals surface area contributed by atoms with Crippen molar-refractivity contribution in [3.05, 3.63) is 22.4 Å². The Kier molecular flexibility index (Phi) is 5.94. The normalized spacial score (nSPS) is 12.3. The molecule has 0 atom stereocenters. The summed E-state index contributed by atoms with van der Waals surface area (Å²) in [5.41, 5.74) is 1.27. The fourth-order valence-electron chi connectivity index (χ4n) is 1.45. The third-order valence-corrected chi connectivity index (χ3v) is 3.02. The Hall–Kier alpha value is -0.590. The van der Waals surface area contributed by atoms with Gasteiger partial charge in [0.25, 0.3) is 0 Å². The van der Waals surface area contributed by atoms with E-state index < -0.39 is 12.7 Å². The minimum absolute atomic E-state index is 0.406. The molecule has 0 amide bonds. The summed E-state index contributed by atoms with van der Waals surface area (Å²) >= 11 is 1.65. The van der Waals surface area contributed by atoms with Gasteiger partial charge in [0.15, 0.2) is 0 Å². The molecule has 6 heteroatoms. The van der Waals surface area contributed by atoms with E-state index in [0.29, 0.717) is 13.1 Å². The molecule has 17 heavy (non-hydrogen) atoms. The molecule has 0 spiro atoms. The molecule has 0 aliphatic heterocycles. The molecular weight excluding hydrogens is 249 g/mol. The van der Waals surface area contributed by atoms with E-state index in [4.69, 9.17) is 0 Å². The highest BCUT2D eigenvalue weighted by atomic mass is 32.1. The van der Waals surface area contributed by atoms with E-state index in [1.54, 1.807) is 11.3 Å². The van der Waals surface area contributed by atoms with Crippen molar-refractivity contribution in [1.82, 2.24) is 10.2 Å². The first-order chi connectivity index (χ1) is 7.97. The van der Waals surface area contributed by atoms with Crippen molar-refractivity contribution >= 4 is 11.3 Å². The van der Waals surface area contributed by atoms with Crippen LogP contribution in [0.5, 0.6) is 0 Å². The monoisotopic (exact) mass is 266 g/mol. The van der Waals surface area contributed by atoms with Gasteiger partial charge in [0.1, 0.15) is 0 Å². The van der Waals surface area contributed by atoms with Crippen molar-refractivity contribution in [1.29, 1.82) is 0 Å². The summed E-state index contributed by atoms with van der Waals surface area (Å²) in [6.07, 6.45) is -3.18. The number of hydrogen-bond donors (Lipinski definition) is 1. The van der Waals surface area contributed by atoms with Crippen molar-refractivity contribution in [2.75, 3.05) is 33.2 Å². The average Bonchev–Trinajstić information content (AvgIpc) is 2.67. The van der Waals surface area contributed by atoms with Crippen LogP contribution in [0.4, 0.5) is 13.2 Å². The first-order valence-corrected chi connectivity index (χ1v) is 6.39. The van der Waals surface area contributed by atoms with Gasteiger partial charge in [-0.2, -0.15) is 24.5 Å².